The summed E-state index contributed by atoms with van der Waals surface area (Å²) in [5.41, 5.74) is 9.73. The predicted octanol–water partition coefficient (Wildman–Crippen LogP) is 4.29. The Morgan fingerprint density at radius 2 is 1.64 bits per heavy atom. The van der Waals surface area contributed by atoms with Crippen LogP contribution in [0.4, 0.5) is 5.69 Å². The summed E-state index contributed by atoms with van der Waals surface area (Å²) < 4.78 is 17.3. The Kier molecular flexibility index (Phi) is 4.17. The van der Waals surface area contributed by atoms with E-state index in [1.165, 1.54) is 0 Å². The van der Waals surface area contributed by atoms with Gasteiger partial charge in [-0.3, -0.25) is 0 Å². The first kappa shape index (κ1) is 15.4. The maximum atomic E-state index is 6.05. The average molecular weight is 333 g/mol. The Morgan fingerprint density at radius 3 is 2.48 bits per heavy atom. The Hall–Kier alpha value is -3.14. The van der Waals surface area contributed by atoms with Crippen LogP contribution in [0.2, 0.25) is 0 Å². The molecule has 1 heterocycles. The highest BCUT2D eigenvalue weighted by Gasteiger charge is 2.15. The zero-order valence-electron chi connectivity index (χ0n) is 13.8. The number of nitrogen functional groups attached to an aromatic ring is 1. The van der Waals surface area contributed by atoms with Gasteiger partial charge < -0.3 is 19.9 Å². The van der Waals surface area contributed by atoms with Gasteiger partial charge >= 0.3 is 0 Å². The fourth-order valence-electron chi connectivity index (χ4n) is 2.85. The number of ether oxygens (including phenoxy) is 3. The summed E-state index contributed by atoms with van der Waals surface area (Å²) >= 11 is 0. The van der Waals surface area contributed by atoms with E-state index in [1.54, 1.807) is 0 Å². The normalized spacial score (nSPS) is 12.6. The van der Waals surface area contributed by atoms with Crippen molar-refractivity contribution in [3.05, 3.63) is 72.3 Å². The molecule has 0 saturated carbocycles. The fourth-order valence-corrected chi connectivity index (χ4v) is 2.85. The van der Waals surface area contributed by atoms with Crippen molar-refractivity contribution >= 4 is 5.69 Å². The molecule has 3 aromatic carbocycles. The Morgan fingerprint density at radius 1 is 0.840 bits per heavy atom. The van der Waals surface area contributed by atoms with E-state index in [1.807, 2.05) is 66.7 Å². The first-order valence-electron chi connectivity index (χ1n) is 8.26. The molecule has 0 saturated heterocycles. The molecule has 4 rings (SSSR count). The van der Waals surface area contributed by atoms with Crippen LogP contribution in [0.1, 0.15) is 5.56 Å². The number of hydrogen-bond donors (Lipinski definition) is 1. The summed E-state index contributed by atoms with van der Waals surface area (Å²) in [5, 5.41) is 0. The number of anilines is 1. The monoisotopic (exact) mass is 333 g/mol. The molecule has 3 aromatic rings. The molecule has 0 fully saturated rings. The zero-order chi connectivity index (χ0) is 17.1. The Balaban J connectivity index is 1.65. The second-order valence-electron chi connectivity index (χ2n) is 5.89. The molecule has 0 bridgehead atoms. The smallest absolute Gasteiger partial charge is 0.161 e. The molecule has 0 spiro atoms. The molecule has 1 aliphatic rings. The van der Waals surface area contributed by atoms with Crippen LogP contribution in [-0.4, -0.2) is 13.2 Å². The molecule has 0 unspecified atom stereocenters. The van der Waals surface area contributed by atoms with E-state index >= 15 is 0 Å². The van der Waals surface area contributed by atoms with Crippen LogP contribution in [0, 0.1) is 0 Å². The van der Waals surface area contributed by atoms with Gasteiger partial charge in [-0.1, -0.05) is 36.4 Å². The third kappa shape index (κ3) is 3.38. The molecule has 0 aliphatic carbocycles. The van der Waals surface area contributed by atoms with Gasteiger partial charge in [0.1, 0.15) is 25.6 Å². The molecule has 126 valence electrons. The first-order chi connectivity index (χ1) is 12.3. The lowest BCUT2D eigenvalue weighted by atomic mass is 10.0. The van der Waals surface area contributed by atoms with Crippen molar-refractivity contribution in [3.8, 4) is 28.4 Å². The summed E-state index contributed by atoms with van der Waals surface area (Å²) in [7, 11) is 0. The molecule has 0 amide bonds. The van der Waals surface area contributed by atoms with Crippen LogP contribution in [0.15, 0.2) is 66.7 Å². The topological polar surface area (TPSA) is 53.7 Å². The second kappa shape index (κ2) is 6.77. The van der Waals surface area contributed by atoms with Crippen LogP contribution in [0.25, 0.3) is 11.1 Å². The van der Waals surface area contributed by atoms with Crippen molar-refractivity contribution in [2.45, 2.75) is 6.61 Å². The highest BCUT2D eigenvalue weighted by Crippen LogP contribution is 2.38. The fraction of sp³-hybridized carbons (Fsp3) is 0.143. The minimum atomic E-state index is 0.502. The summed E-state index contributed by atoms with van der Waals surface area (Å²) in [6.45, 7) is 1.64. The van der Waals surface area contributed by atoms with Crippen molar-refractivity contribution < 1.29 is 14.2 Å². The number of benzene rings is 3. The van der Waals surface area contributed by atoms with E-state index in [0.717, 1.165) is 33.9 Å². The molecule has 25 heavy (non-hydrogen) atoms. The van der Waals surface area contributed by atoms with Gasteiger partial charge in [0.15, 0.2) is 11.5 Å². The van der Waals surface area contributed by atoms with Crippen LogP contribution in [0.3, 0.4) is 0 Å². The van der Waals surface area contributed by atoms with Gasteiger partial charge in [0, 0.05) is 11.3 Å². The highest BCUT2D eigenvalue weighted by molar-refractivity contribution is 5.75. The Bertz CT molecular complexity index is 878. The van der Waals surface area contributed by atoms with Crippen LogP contribution >= 0.6 is 0 Å². The quantitative estimate of drug-likeness (QED) is 0.724. The molecule has 0 atom stereocenters. The number of rotatable bonds is 4. The zero-order valence-corrected chi connectivity index (χ0v) is 13.8. The molecule has 4 nitrogen and oxygen atoms in total. The predicted molar refractivity (Wildman–Crippen MR) is 98.1 cm³/mol. The minimum absolute atomic E-state index is 0.502. The number of hydrogen-bond acceptors (Lipinski definition) is 4. The summed E-state index contributed by atoms with van der Waals surface area (Å²) in [6.07, 6.45) is 0. The van der Waals surface area contributed by atoms with Gasteiger partial charge in [-0.2, -0.15) is 0 Å². The minimum Gasteiger partial charge on any atom is -0.488 e. The first-order valence-corrected chi connectivity index (χ1v) is 8.26. The second-order valence-corrected chi connectivity index (χ2v) is 5.89. The van der Waals surface area contributed by atoms with E-state index in [4.69, 9.17) is 19.9 Å². The summed E-state index contributed by atoms with van der Waals surface area (Å²) in [5.74, 6) is 2.31. The maximum Gasteiger partial charge on any atom is 0.161 e. The number of fused-ring (bicyclic) bond motifs is 1. The van der Waals surface area contributed by atoms with Crippen molar-refractivity contribution in [1.29, 1.82) is 0 Å². The van der Waals surface area contributed by atoms with Crippen LogP contribution in [-0.2, 0) is 6.61 Å². The van der Waals surface area contributed by atoms with E-state index < -0.39 is 0 Å². The number of nitrogens with two attached hydrogens (primary N) is 1. The highest BCUT2D eigenvalue weighted by atomic mass is 16.6. The third-order valence-corrected chi connectivity index (χ3v) is 4.09. The SMILES string of the molecule is Nc1ccc(OCc2ccccc2)c(-c2ccc3c(c2)OCCO3)c1. The molecule has 0 aromatic heterocycles. The van der Waals surface area contributed by atoms with Gasteiger partial charge in [0.2, 0.25) is 0 Å². The lowest BCUT2D eigenvalue weighted by Gasteiger charge is -2.19. The van der Waals surface area contributed by atoms with Crippen molar-refractivity contribution in [1.82, 2.24) is 0 Å². The molecular formula is C21H19NO3. The van der Waals surface area contributed by atoms with Gasteiger partial charge in [0.05, 0.1) is 0 Å². The van der Waals surface area contributed by atoms with E-state index in [-0.39, 0.29) is 0 Å². The van der Waals surface area contributed by atoms with Gasteiger partial charge in [-0.15, -0.1) is 0 Å². The molecule has 1 aliphatic heterocycles. The Labute approximate surface area is 146 Å². The maximum absolute atomic E-state index is 6.05. The van der Waals surface area contributed by atoms with Gasteiger partial charge in [-0.05, 0) is 41.5 Å². The standard InChI is InChI=1S/C21H19NO3/c22-17-7-9-19(25-14-15-4-2-1-3-5-15)18(13-17)16-6-8-20-21(12-16)24-11-10-23-20/h1-9,12-13H,10-11,14,22H2. The summed E-state index contributed by atoms with van der Waals surface area (Å²) in [6, 6.07) is 21.7. The lowest BCUT2D eigenvalue weighted by Crippen LogP contribution is -2.15. The molecular weight excluding hydrogens is 314 g/mol. The molecule has 4 heteroatoms. The van der Waals surface area contributed by atoms with Gasteiger partial charge in [0.25, 0.3) is 0 Å². The van der Waals surface area contributed by atoms with E-state index in [9.17, 15) is 0 Å². The van der Waals surface area contributed by atoms with Crippen LogP contribution in [0.5, 0.6) is 17.2 Å². The average Bonchev–Trinajstić information content (AvgIpc) is 2.67. The lowest BCUT2D eigenvalue weighted by molar-refractivity contribution is 0.171. The van der Waals surface area contributed by atoms with E-state index in [2.05, 4.69) is 0 Å². The largest absolute Gasteiger partial charge is 0.488 e. The van der Waals surface area contributed by atoms with E-state index in [0.29, 0.717) is 25.5 Å². The summed E-state index contributed by atoms with van der Waals surface area (Å²) in [4.78, 5) is 0. The van der Waals surface area contributed by atoms with Gasteiger partial charge in [-0.25, -0.2) is 0 Å². The van der Waals surface area contributed by atoms with Crippen molar-refractivity contribution in [2.24, 2.45) is 0 Å². The van der Waals surface area contributed by atoms with Crippen molar-refractivity contribution in [3.63, 3.8) is 0 Å². The van der Waals surface area contributed by atoms with Crippen LogP contribution < -0.4 is 19.9 Å². The van der Waals surface area contributed by atoms with Crippen molar-refractivity contribution in [2.75, 3.05) is 18.9 Å². The molecule has 2 N–H and O–H groups in total. The third-order valence-electron chi connectivity index (χ3n) is 4.09. The molecule has 0 radical (unpaired) electrons.